The summed E-state index contributed by atoms with van der Waals surface area (Å²) < 4.78 is 0. The zero-order valence-electron chi connectivity index (χ0n) is 11.9. The summed E-state index contributed by atoms with van der Waals surface area (Å²) in [5.41, 5.74) is -0.0652. The van der Waals surface area contributed by atoms with Gasteiger partial charge in [0.25, 0.3) is 0 Å². The third-order valence-electron chi connectivity index (χ3n) is 2.79. The smallest absolute Gasteiger partial charge is 0.337 e. The molecular weight excluding hydrogens is 315 g/mol. The molecule has 1 rings (SSSR count). The van der Waals surface area contributed by atoms with Crippen molar-refractivity contribution in [2.45, 2.75) is 26.7 Å². The highest BCUT2D eigenvalue weighted by Gasteiger charge is 2.19. The summed E-state index contributed by atoms with van der Waals surface area (Å²) in [6, 6.07) is 2.29. The largest absolute Gasteiger partial charge is 0.478 e. The first-order valence-corrected chi connectivity index (χ1v) is 7.44. The number of halogens is 2. The fourth-order valence-electron chi connectivity index (χ4n) is 1.91. The number of nitrogens with zero attached hydrogens (tertiary/aromatic N) is 1. The maximum absolute atomic E-state index is 12.2. The van der Waals surface area contributed by atoms with Crippen LogP contribution in [-0.4, -0.2) is 35.1 Å². The molecule has 116 valence electrons. The third-order valence-corrected chi connectivity index (χ3v) is 3.31. The van der Waals surface area contributed by atoms with Crippen molar-refractivity contribution in [3.8, 4) is 0 Å². The number of urea groups is 1. The zero-order chi connectivity index (χ0) is 16.0. The molecule has 0 radical (unpaired) electrons. The van der Waals surface area contributed by atoms with Gasteiger partial charge < -0.3 is 15.3 Å². The first kappa shape index (κ1) is 17.6. The molecule has 0 atom stereocenters. The van der Waals surface area contributed by atoms with Gasteiger partial charge in [0.2, 0.25) is 0 Å². The lowest BCUT2D eigenvalue weighted by atomic mass is 10.2. The van der Waals surface area contributed by atoms with Crippen LogP contribution in [0.3, 0.4) is 0 Å². The monoisotopic (exact) mass is 332 g/mol. The third kappa shape index (κ3) is 4.79. The van der Waals surface area contributed by atoms with Crippen molar-refractivity contribution in [1.82, 2.24) is 4.90 Å². The Morgan fingerprint density at radius 3 is 2.24 bits per heavy atom. The van der Waals surface area contributed by atoms with Crippen LogP contribution in [0.15, 0.2) is 12.1 Å². The number of benzene rings is 1. The van der Waals surface area contributed by atoms with Crippen LogP contribution in [0.4, 0.5) is 10.5 Å². The van der Waals surface area contributed by atoms with Gasteiger partial charge in [-0.1, -0.05) is 37.0 Å². The van der Waals surface area contributed by atoms with E-state index in [1.807, 2.05) is 13.8 Å². The van der Waals surface area contributed by atoms with E-state index < -0.39 is 5.97 Å². The standard InChI is InChI=1S/C14H18Cl2N2O3/c1-3-5-18(6-4-2)14(21)17-12-10(13(19)20)7-9(15)8-11(12)16/h7-8H,3-6H2,1-2H3,(H,17,21)(H,19,20). The number of rotatable bonds is 6. The highest BCUT2D eigenvalue weighted by atomic mass is 35.5. The molecular formula is C14H18Cl2N2O3. The van der Waals surface area contributed by atoms with Crippen LogP contribution >= 0.6 is 23.2 Å². The predicted octanol–water partition coefficient (Wildman–Crippen LogP) is 4.35. The molecule has 1 aromatic carbocycles. The number of carboxylic acids is 1. The Morgan fingerprint density at radius 1 is 1.19 bits per heavy atom. The fraction of sp³-hybridized carbons (Fsp3) is 0.429. The van der Waals surface area contributed by atoms with Crippen LogP contribution in [0.25, 0.3) is 0 Å². The van der Waals surface area contributed by atoms with Gasteiger partial charge in [-0.25, -0.2) is 9.59 Å². The molecule has 2 N–H and O–H groups in total. The minimum absolute atomic E-state index is 0.0655. The second kappa shape index (κ2) is 8.10. The molecule has 5 nitrogen and oxygen atoms in total. The molecule has 7 heteroatoms. The molecule has 0 aliphatic rings. The van der Waals surface area contributed by atoms with Crippen molar-refractivity contribution in [1.29, 1.82) is 0 Å². The average Bonchev–Trinajstić information content (AvgIpc) is 2.40. The van der Waals surface area contributed by atoms with E-state index >= 15 is 0 Å². The van der Waals surface area contributed by atoms with E-state index in [2.05, 4.69) is 5.32 Å². The number of anilines is 1. The van der Waals surface area contributed by atoms with E-state index in [1.54, 1.807) is 4.90 Å². The molecule has 0 bridgehead atoms. The van der Waals surface area contributed by atoms with E-state index in [0.29, 0.717) is 13.1 Å². The Kier molecular flexibility index (Phi) is 6.78. The summed E-state index contributed by atoms with van der Waals surface area (Å²) in [6.45, 7) is 5.11. The van der Waals surface area contributed by atoms with Crippen molar-refractivity contribution >= 4 is 40.9 Å². The van der Waals surface area contributed by atoms with Gasteiger partial charge in [0.1, 0.15) is 0 Å². The Balaban J connectivity index is 3.06. The number of hydrogen-bond donors (Lipinski definition) is 2. The van der Waals surface area contributed by atoms with E-state index in [0.717, 1.165) is 12.8 Å². The van der Waals surface area contributed by atoms with E-state index in [4.69, 9.17) is 23.2 Å². The van der Waals surface area contributed by atoms with Gasteiger partial charge in [-0.15, -0.1) is 0 Å². The average molecular weight is 333 g/mol. The van der Waals surface area contributed by atoms with E-state index in [-0.39, 0.29) is 27.3 Å². The lowest BCUT2D eigenvalue weighted by Gasteiger charge is -2.22. The highest BCUT2D eigenvalue weighted by Crippen LogP contribution is 2.30. The SMILES string of the molecule is CCCN(CCC)C(=O)Nc1c(Cl)cc(Cl)cc1C(=O)O. The first-order chi connectivity index (χ1) is 9.90. The number of hydrogen-bond acceptors (Lipinski definition) is 2. The molecule has 2 amide bonds. The Hall–Kier alpha value is -1.46. The molecule has 0 saturated carbocycles. The van der Waals surface area contributed by atoms with Crippen LogP contribution in [0.5, 0.6) is 0 Å². The van der Waals surface area contributed by atoms with Crippen molar-refractivity contribution in [2.75, 3.05) is 18.4 Å². The van der Waals surface area contributed by atoms with Gasteiger partial charge in [-0.3, -0.25) is 0 Å². The number of amides is 2. The van der Waals surface area contributed by atoms with E-state index in [1.165, 1.54) is 12.1 Å². The molecule has 0 aliphatic heterocycles. The molecule has 0 fully saturated rings. The Bertz CT molecular complexity index is 529. The number of carboxylic acid groups (broad SMARTS) is 1. The molecule has 0 saturated heterocycles. The normalized spacial score (nSPS) is 10.3. The van der Waals surface area contributed by atoms with Crippen LogP contribution in [-0.2, 0) is 0 Å². The number of carbonyl (C=O) groups is 2. The molecule has 0 aromatic heterocycles. The number of carbonyl (C=O) groups excluding carboxylic acids is 1. The number of nitrogens with one attached hydrogen (secondary N) is 1. The highest BCUT2D eigenvalue weighted by molar-refractivity contribution is 6.37. The molecule has 1 aromatic rings. The molecule has 0 spiro atoms. The second-order valence-electron chi connectivity index (χ2n) is 4.53. The predicted molar refractivity (Wildman–Crippen MR) is 84.6 cm³/mol. The van der Waals surface area contributed by atoms with Gasteiger partial charge in [0, 0.05) is 18.1 Å². The van der Waals surface area contributed by atoms with Gasteiger partial charge >= 0.3 is 12.0 Å². The maximum Gasteiger partial charge on any atom is 0.337 e. The molecule has 0 unspecified atom stereocenters. The zero-order valence-corrected chi connectivity index (χ0v) is 13.5. The second-order valence-corrected chi connectivity index (χ2v) is 5.38. The topological polar surface area (TPSA) is 69.6 Å². The van der Waals surface area contributed by atoms with Crippen molar-refractivity contribution in [3.63, 3.8) is 0 Å². The van der Waals surface area contributed by atoms with Crippen LogP contribution in [0.1, 0.15) is 37.0 Å². The summed E-state index contributed by atoms with van der Waals surface area (Å²) in [7, 11) is 0. The van der Waals surface area contributed by atoms with Gasteiger partial charge in [0.15, 0.2) is 0 Å². The minimum atomic E-state index is -1.20. The first-order valence-electron chi connectivity index (χ1n) is 6.68. The van der Waals surface area contributed by atoms with Gasteiger partial charge in [-0.2, -0.15) is 0 Å². The Labute approximate surface area is 133 Å². The van der Waals surface area contributed by atoms with Gasteiger partial charge in [-0.05, 0) is 25.0 Å². The summed E-state index contributed by atoms with van der Waals surface area (Å²) in [5.74, 6) is -1.20. The fourth-order valence-corrected chi connectivity index (χ4v) is 2.45. The van der Waals surface area contributed by atoms with Crippen molar-refractivity contribution < 1.29 is 14.7 Å². The summed E-state index contributed by atoms with van der Waals surface area (Å²) >= 11 is 11.8. The quantitative estimate of drug-likeness (QED) is 0.813. The molecule has 21 heavy (non-hydrogen) atoms. The minimum Gasteiger partial charge on any atom is -0.478 e. The van der Waals surface area contributed by atoms with Crippen molar-refractivity contribution in [2.24, 2.45) is 0 Å². The Morgan fingerprint density at radius 2 is 1.76 bits per heavy atom. The van der Waals surface area contributed by atoms with Crippen LogP contribution in [0, 0.1) is 0 Å². The molecule has 0 aliphatic carbocycles. The van der Waals surface area contributed by atoms with Crippen LogP contribution < -0.4 is 5.32 Å². The van der Waals surface area contributed by atoms with Crippen LogP contribution in [0.2, 0.25) is 10.0 Å². The summed E-state index contributed by atoms with van der Waals surface area (Å²) in [4.78, 5) is 25.1. The van der Waals surface area contributed by atoms with Gasteiger partial charge in [0.05, 0.1) is 16.3 Å². The molecule has 0 heterocycles. The summed E-state index contributed by atoms with van der Waals surface area (Å²) in [5, 5.41) is 12.1. The van der Waals surface area contributed by atoms with E-state index in [9.17, 15) is 14.7 Å². The lowest BCUT2D eigenvalue weighted by Crippen LogP contribution is -2.36. The van der Waals surface area contributed by atoms with Crippen molar-refractivity contribution in [3.05, 3.63) is 27.7 Å². The lowest BCUT2D eigenvalue weighted by molar-refractivity contribution is 0.0698. The maximum atomic E-state index is 12.2. The number of aromatic carboxylic acids is 1. The summed E-state index contributed by atoms with van der Waals surface area (Å²) in [6.07, 6.45) is 1.63.